The first-order valence-corrected chi connectivity index (χ1v) is 5.39. The molecule has 0 aliphatic rings. The minimum Gasteiger partial charge on any atom is -0.505 e. The maximum absolute atomic E-state index is 11.3. The van der Waals surface area contributed by atoms with Gasteiger partial charge in [0.25, 0.3) is 0 Å². The van der Waals surface area contributed by atoms with Crippen LogP contribution in [0, 0.1) is 0 Å². The second kappa shape index (κ2) is 5.94. The van der Waals surface area contributed by atoms with Crippen molar-refractivity contribution in [3.05, 3.63) is 22.2 Å². The van der Waals surface area contributed by atoms with E-state index < -0.39 is 0 Å². The molecule has 0 aromatic heterocycles. The topological polar surface area (TPSA) is 69.6 Å². The number of aromatic hydroxyl groups is 1. The summed E-state index contributed by atoms with van der Waals surface area (Å²) in [5.74, 6) is -0.455. The molecule has 1 aromatic carbocycles. The van der Waals surface area contributed by atoms with Crippen molar-refractivity contribution in [1.29, 1.82) is 0 Å². The summed E-state index contributed by atoms with van der Waals surface area (Å²) in [5.41, 5.74) is 0.413. The molecule has 0 spiro atoms. The number of aliphatic hydroxyl groups excluding tert-OH is 1. The summed E-state index contributed by atoms with van der Waals surface area (Å²) < 4.78 is 0. The van der Waals surface area contributed by atoms with Gasteiger partial charge in [0.2, 0.25) is 5.91 Å². The average Bonchev–Trinajstić information content (AvgIpc) is 2.23. The predicted octanol–water partition coefficient (Wildman–Crippen LogP) is 2.41. The fourth-order valence-electron chi connectivity index (χ4n) is 1.10. The number of rotatable bonds is 4. The number of nitrogens with one attached hydrogen (secondary N) is 1. The number of carbonyl (C=O) groups is 1. The van der Waals surface area contributed by atoms with Gasteiger partial charge in [-0.15, -0.1) is 0 Å². The molecule has 88 valence electrons. The zero-order valence-electron chi connectivity index (χ0n) is 8.33. The molecule has 3 N–H and O–H groups in total. The van der Waals surface area contributed by atoms with Gasteiger partial charge in [-0.2, -0.15) is 0 Å². The first kappa shape index (κ1) is 13.1. The van der Waals surface area contributed by atoms with Crippen molar-refractivity contribution >= 4 is 34.8 Å². The van der Waals surface area contributed by atoms with Crippen LogP contribution in [0.1, 0.15) is 12.8 Å². The van der Waals surface area contributed by atoms with Crippen LogP contribution in [-0.2, 0) is 4.79 Å². The third kappa shape index (κ3) is 3.56. The van der Waals surface area contributed by atoms with E-state index in [4.69, 9.17) is 28.3 Å². The molecule has 1 aromatic rings. The lowest BCUT2D eigenvalue weighted by atomic mass is 10.2. The SMILES string of the molecule is O=C(CCCO)Nc1cc(Cl)c(O)c(Cl)c1. The van der Waals surface area contributed by atoms with Crippen molar-refractivity contribution in [2.75, 3.05) is 11.9 Å². The second-order valence-electron chi connectivity index (χ2n) is 3.16. The van der Waals surface area contributed by atoms with Crippen LogP contribution < -0.4 is 5.32 Å². The monoisotopic (exact) mass is 263 g/mol. The summed E-state index contributed by atoms with van der Waals surface area (Å²) in [5, 5.41) is 20.6. The van der Waals surface area contributed by atoms with Crippen molar-refractivity contribution in [3.63, 3.8) is 0 Å². The van der Waals surface area contributed by atoms with Crippen LogP contribution in [0.4, 0.5) is 5.69 Å². The zero-order valence-corrected chi connectivity index (χ0v) is 9.85. The van der Waals surface area contributed by atoms with Gasteiger partial charge in [-0.3, -0.25) is 4.79 Å². The van der Waals surface area contributed by atoms with E-state index in [-0.39, 0.29) is 34.7 Å². The zero-order chi connectivity index (χ0) is 12.1. The number of amides is 1. The van der Waals surface area contributed by atoms with E-state index in [2.05, 4.69) is 5.32 Å². The molecule has 0 unspecified atom stereocenters. The van der Waals surface area contributed by atoms with E-state index in [1.54, 1.807) is 0 Å². The smallest absolute Gasteiger partial charge is 0.224 e. The number of phenolic OH excluding ortho intramolecular Hbond substituents is 1. The minimum atomic E-state index is -0.244. The normalized spacial score (nSPS) is 10.2. The van der Waals surface area contributed by atoms with Crippen LogP contribution >= 0.6 is 23.2 Å². The average molecular weight is 264 g/mol. The molecule has 0 radical (unpaired) electrons. The minimum absolute atomic E-state index is 0.0372. The van der Waals surface area contributed by atoms with Crippen LogP contribution in [0.5, 0.6) is 5.75 Å². The van der Waals surface area contributed by atoms with E-state index in [1.165, 1.54) is 12.1 Å². The highest BCUT2D eigenvalue weighted by atomic mass is 35.5. The summed E-state index contributed by atoms with van der Waals surface area (Å²) in [6.45, 7) is -0.0372. The number of anilines is 1. The van der Waals surface area contributed by atoms with Gasteiger partial charge < -0.3 is 15.5 Å². The summed E-state index contributed by atoms with van der Waals surface area (Å²) in [7, 11) is 0. The third-order valence-electron chi connectivity index (χ3n) is 1.86. The Morgan fingerprint density at radius 2 is 1.88 bits per heavy atom. The highest BCUT2D eigenvalue weighted by Crippen LogP contribution is 2.34. The highest BCUT2D eigenvalue weighted by molar-refractivity contribution is 6.37. The van der Waals surface area contributed by atoms with Crippen molar-refractivity contribution in [2.45, 2.75) is 12.8 Å². The predicted molar refractivity (Wildman–Crippen MR) is 63.1 cm³/mol. The van der Waals surface area contributed by atoms with E-state index >= 15 is 0 Å². The number of halogens is 2. The lowest BCUT2D eigenvalue weighted by Crippen LogP contribution is -2.11. The summed E-state index contributed by atoms with van der Waals surface area (Å²) in [6.07, 6.45) is 0.609. The Balaban J connectivity index is 2.71. The van der Waals surface area contributed by atoms with Crippen molar-refractivity contribution in [2.24, 2.45) is 0 Å². The van der Waals surface area contributed by atoms with Crippen LogP contribution in [0.2, 0.25) is 10.0 Å². The second-order valence-corrected chi connectivity index (χ2v) is 3.98. The molecule has 0 bridgehead atoms. The molecule has 0 saturated heterocycles. The van der Waals surface area contributed by atoms with Gasteiger partial charge in [0, 0.05) is 18.7 Å². The summed E-state index contributed by atoms with van der Waals surface area (Å²) in [6, 6.07) is 2.80. The number of hydrogen-bond acceptors (Lipinski definition) is 3. The van der Waals surface area contributed by atoms with Gasteiger partial charge in [-0.05, 0) is 18.6 Å². The van der Waals surface area contributed by atoms with E-state index in [0.29, 0.717) is 12.1 Å². The van der Waals surface area contributed by atoms with Crippen molar-refractivity contribution in [3.8, 4) is 5.75 Å². The van der Waals surface area contributed by atoms with Crippen LogP contribution in [0.25, 0.3) is 0 Å². The van der Waals surface area contributed by atoms with Crippen LogP contribution in [-0.4, -0.2) is 22.7 Å². The summed E-state index contributed by atoms with van der Waals surface area (Å²) in [4.78, 5) is 11.3. The fourth-order valence-corrected chi connectivity index (χ4v) is 1.59. The molecule has 6 heteroatoms. The molecule has 1 rings (SSSR count). The maximum atomic E-state index is 11.3. The Hall–Kier alpha value is -0.970. The molecule has 0 aliphatic heterocycles. The first-order valence-electron chi connectivity index (χ1n) is 4.63. The first-order chi connectivity index (χ1) is 7.54. The van der Waals surface area contributed by atoms with Crippen molar-refractivity contribution < 1.29 is 15.0 Å². The summed E-state index contributed by atoms with van der Waals surface area (Å²) >= 11 is 11.4. The molecular weight excluding hydrogens is 253 g/mol. The van der Waals surface area contributed by atoms with Gasteiger partial charge in [0.1, 0.15) is 0 Å². The number of carbonyl (C=O) groups excluding carboxylic acids is 1. The molecule has 16 heavy (non-hydrogen) atoms. The number of phenols is 1. The molecule has 1 amide bonds. The van der Waals surface area contributed by atoms with Gasteiger partial charge in [-0.1, -0.05) is 23.2 Å². The Morgan fingerprint density at radius 3 is 2.38 bits per heavy atom. The molecule has 0 fully saturated rings. The number of benzene rings is 1. The number of hydrogen-bond donors (Lipinski definition) is 3. The third-order valence-corrected chi connectivity index (χ3v) is 2.44. The van der Waals surface area contributed by atoms with Crippen molar-refractivity contribution in [1.82, 2.24) is 0 Å². The Bertz CT molecular complexity index is 373. The number of aliphatic hydroxyl groups is 1. The Kier molecular flexibility index (Phi) is 4.86. The molecule has 0 heterocycles. The lowest BCUT2D eigenvalue weighted by molar-refractivity contribution is -0.116. The fraction of sp³-hybridized carbons (Fsp3) is 0.300. The Morgan fingerprint density at radius 1 is 1.31 bits per heavy atom. The molecule has 4 nitrogen and oxygen atoms in total. The highest BCUT2D eigenvalue weighted by Gasteiger charge is 2.08. The van der Waals surface area contributed by atoms with Gasteiger partial charge in [0.05, 0.1) is 10.0 Å². The molecule has 0 saturated carbocycles. The van der Waals surface area contributed by atoms with Gasteiger partial charge >= 0.3 is 0 Å². The molecular formula is C10H11Cl2NO3. The van der Waals surface area contributed by atoms with Crippen LogP contribution in [0.15, 0.2) is 12.1 Å². The maximum Gasteiger partial charge on any atom is 0.224 e. The largest absolute Gasteiger partial charge is 0.505 e. The Labute approximate surface area is 103 Å². The molecule has 0 aliphatic carbocycles. The standard InChI is InChI=1S/C10H11Cl2NO3/c11-7-4-6(5-8(12)10(7)16)13-9(15)2-1-3-14/h4-5,14,16H,1-3H2,(H,13,15). The van der Waals surface area contributed by atoms with E-state index in [9.17, 15) is 9.90 Å². The lowest BCUT2D eigenvalue weighted by Gasteiger charge is -2.07. The quantitative estimate of drug-likeness (QED) is 0.731. The van der Waals surface area contributed by atoms with Gasteiger partial charge in [0.15, 0.2) is 5.75 Å². The van der Waals surface area contributed by atoms with Crippen LogP contribution in [0.3, 0.4) is 0 Å². The van der Waals surface area contributed by atoms with E-state index in [0.717, 1.165) is 0 Å². The molecule has 0 atom stereocenters. The van der Waals surface area contributed by atoms with Gasteiger partial charge in [-0.25, -0.2) is 0 Å². The van der Waals surface area contributed by atoms with E-state index in [1.807, 2.05) is 0 Å².